The number of anilines is 1. The molecule has 2 saturated carbocycles. The molecule has 3 aliphatic rings. The Morgan fingerprint density at radius 1 is 1.05 bits per heavy atom. The van der Waals surface area contributed by atoms with E-state index in [-0.39, 0.29) is 46.9 Å². The molecule has 5 rings (SSSR count). The summed E-state index contributed by atoms with van der Waals surface area (Å²) >= 11 is 0. The third-order valence-corrected chi connectivity index (χ3v) is 11.5. The maximum absolute atomic E-state index is 13.5. The maximum Gasteiger partial charge on any atom is 0.233 e. The van der Waals surface area contributed by atoms with Crippen molar-refractivity contribution in [2.45, 2.75) is 73.5 Å². The molecular weight excluding hydrogens is 516 g/mol. The second-order valence-corrected chi connectivity index (χ2v) is 14.9. The number of benzene rings is 1. The van der Waals surface area contributed by atoms with E-state index in [0.717, 1.165) is 24.0 Å². The SMILES string of the molecule is O=NCc1cnc(NC(=O)C(CC2CCS(=O)(=O)CC2)c2ccc(S(=O)(=O)C3CC3)c(C3CC3)c2)cn1. The van der Waals surface area contributed by atoms with Crippen molar-refractivity contribution in [3.63, 3.8) is 0 Å². The third kappa shape index (κ3) is 6.06. The topological polar surface area (TPSA) is 153 Å². The van der Waals surface area contributed by atoms with Gasteiger partial charge in [-0.2, -0.15) is 4.91 Å². The van der Waals surface area contributed by atoms with Crippen LogP contribution in [0.25, 0.3) is 0 Å². The molecule has 2 aromatic rings. The summed E-state index contributed by atoms with van der Waals surface area (Å²) in [4.78, 5) is 32.6. The number of nitroso groups, excluding NO2 is 1. The monoisotopic (exact) mass is 546 g/mol. The number of aromatic nitrogens is 2. The molecule has 198 valence electrons. The summed E-state index contributed by atoms with van der Waals surface area (Å²) in [5, 5.41) is 5.27. The van der Waals surface area contributed by atoms with Crippen molar-refractivity contribution in [3.8, 4) is 0 Å². The van der Waals surface area contributed by atoms with Gasteiger partial charge in [-0.15, -0.1) is 0 Å². The van der Waals surface area contributed by atoms with Crippen LogP contribution < -0.4 is 5.32 Å². The first-order chi connectivity index (χ1) is 17.7. The standard InChI is InChI=1S/C25H30N4O6S2/c30-25(29-24-15-26-19(13-27-24)14-28-31)22(11-16-7-9-36(32,33)10-8-16)18-3-6-23(21(12-18)17-1-2-17)37(34,35)20-4-5-20/h3,6,12-13,15-17,20,22H,1-2,4-5,7-11,14H2,(H,27,29,30). The van der Waals surface area contributed by atoms with E-state index in [1.165, 1.54) is 12.4 Å². The maximum atomic E-state index is 13.5. The molecule has 0 spiro atoms. The van der Waals surface area contributed by atoms with Crippen LogP contribution in [0.2, 0.25) is 0 Å². The Balaban J connectivity index is 1.44. The Hall–Kier alpha value is -2.73. The van der Waals surface area contributed by atoms with Gasteiger partial charge in [0, 0.05) is 0 Å². The molecule has 10 nitrogen and oxygen atoms in total. The summed E-state index contributed by atoms with van der Waals surface area (Å²) in [6.07, 6.45) is 7.38. The Labute approximate surface area is 216 Å². The molecule has 2 heterocycles. The third-order valence-electron chi connectivity index (χ3n) is 7.47. The minimum atomic E-state index is -3.38. The molecule has 3 fully saturated rings. The number of carbonyl (C=O) groups excluding carboxylic acids is 1. The molecule has 12 heteroatoms. The van der Waals surface area contributed by atoms with Crippen LogP contribution in [0.3, 0.4) is 0 Å². The van der Waals surface area contributed by atoms with E-state index in [1.54, 1.807) is 12.1 Å². The average molecular weight is 547 g/mol. The van der Waals surface area contributed by atoms with Crippen LogP contribution in [0.5, 0.6) is 0 Å². The lowest BCUT2D eigenvalue weighted by molar-refractivity contribution is -0.118. The summed E-state index contributed by atoms with van der Waals surface area (Å²) in [7, 11) is -6.42. The number of hydrogen-bond acceptors (Lipinski definition) is 9. The van der Waals surface area contributed by atoms with E-state index >= 15 is 0 Å². The molecular formula is C25H30N4O6S2. The molecule has 2 aliphatic carbocycles. The highest BCUT2D eigenvalue weighted by molar-refractivity contribution is 7.92. The Morgan fingerprint density at radius 3 is 2.38 bits per heavy atom. The van der Waals surface area contributed by atoms with Crippen LogP contribution in [-0.4, -0.2) is 49.5 Å². The molecule has 1 saturated heterocycles. The summed E-state index contributed by atoms with van der Waals surface area (Å²) in [6.45, 7) is -0.117. The minimum Gasteiger partial charge on any atom is -0.309 e. The average Bonchev–Trinajstić information content (AvgIpc) is 3.77. The van der Waals surface area contributed by atoms with Gasteiger partial charge in [-0.05, 0) is 74.0 Å². The van der Waals surface area contributed by atoms with Crippen LogP contribution >= 0.6 is 0 Å². The first-order valence-electron chi connectivity index (χ1n) is 12.7. The second-order valence-electron chi connectivity index (χ2n) is 10.4. The molecule has 1 unspecified atom stereocenters. The van der Waals surface area contributed by atoms with Crippen LogP contribution in [0.1, 0.15) is 73.6 Å². The van der Waals surface area contributed by atoms with Gasteiger partial charge in [-0.25, -0.2) is 21.8 Å². The van der Waals surface area contributed by atoms with E-state index in [0.29, 0.717) is 42.7 Å². The number of rotatable bonds is 10. The van der Waals surface area contributed by atoms with Gasteiger partial charge in [0.05, 0.1) is 45.7 Å². The van der Waals surface area contributed by atoms with Crippen molar-refractivity contribution in [3.05, 3.63) is 52.3 Å². The lowest BCUT2D eigenvalue weighted by Crippen LogP contribution is -2.28. The fourth-order valence-electron chi connectivity index (χ4n) is 5.00. The molecule has 1 aromatic heterocycles. The summed E-state index contributed by atoms with van der Waals surface area (Å²) in [5.41, 5.74) is 1.89. The van der Waals surface area contributed by atoms with Crippen molar-refractivity contribution in [1.82, 2.24) is 9.97 Å². The number of hydrogen-bond donors (Lipinski definition) is 1. The second kappa shape index (κ2) is 10.2. The molecule has 1 N–H and O–H groups in total. The fourth-order valence-corrected chi connectivity index (χ4v) is 8.51. The first kappa shape index (κ1) is 25.9. The lowest BCUT2D eigenvalue weighted by atomic mass is 9.84. The highest BCUT2D eigenvalue weighted by Crippen LogP contribution is 2.46. The Morgan fingerprint density at radius 2 is 1.78 bits per heavy atom. The number of sulfone groups is 2. The largest absolute Gasteiger partial charge is 0.309 e. The predicted molar refractivity (Wildman–Crippen MR) is 138 cm³/mol. The van der Waals surface area contributed by atoms with Gasteiger partial charge in [-0.1, -0.05) is 17.3 Å². The molecule has 0 bridgehead atoms. The molecule has 1 aromatic carbocycles. The summed E-state index contributed by atoms with van der Waals surface area (Å²) < 4.78 is 50.0. The van der Waals surface area contributed by atoms with E-state index in [4.69, 9.17) is 0 Å². The normalized spacial score (nSPS) is 20.8. The molecule has 1 aliphatic heterocycles. The van der Waals surface area contributed by atoms with E-state index < -0.39 is 25.6 Å². The summed E-state index contributed by atoms with van der Waals surface area (Å²) in [6, 6.07) is 5.26. The number of amides is 1. The van der Waals surface area contributed by atoms with Crippen molar-refractivity contribution in [1.29, 1.82) is 0 Å². The smallest absolute Gasteiger partial charge is 0.233 e. The zero-order valence-corrected chi connectivity index (χ0v) is 22.0. The van der Waals surface area contributed by atoms with E-state index in [1.807, 2.05) is 6.07 Å². The van der Waals surface area contributed by atoms with Crippen molar-refractivity contribution in [2.75, 3.05) is 16.8 Å². The molecule has 1 amide bonds. The zero-order chi connectivity index (χ0) is 26.2. The van der Waals surface area contributed by atoms with Crippen molar-refractivity contribution < 1.29 is 21.6 Å². The minimum absolute atomic E-state index is 0.0469. The zero-order valence-electron chi connectivity index (χ0n) is 20.4. The number of nitrogens with zero attached hydrogens (tertiary/aromatic N) is 3. The van der Waals surface area contributed by atoms with Gasteiger partial charge in [0.15, 0.2) is 15.7 Å². The fraction of sp³-hybridized carbons (Fsp3) is 0.560. The van der Waals surface area contributed by atoms with Gasteiger partial charge in [0.25, 0.3) is 0 Å². The van der Waals surface area contributed by atoms with E-state index in [9.17, 15) is 26.5 Å². The Kier molecular flexibility index (Phi) is 7.14. The molecule has 1 atom stereocenters. The molecule has 0 radical (unpaired) electrons. The molecule has 37 heavy (non-hydrogen) atoms. The number of carbonyl (C=O) groups is 1. The predicted octanol–water partition coefficient (Wildman–Crippen LogP) is 3.49. The van der Waals surface area contributed by atoms with Gasteiger partial charge < -0.3 is 5.32 Å². The van der Waals surface area contributed by atoms with Crippen LogP contribution in [0, 0.1) is 10.8 Å². The highest BCUT2D eigenvalue weighted by atomic mass is 32.2. The van der Waals surface area contributed by atoms with Gasteiger partial charge in [-0.3, -0.25) is 9.78 Å². The lowest BCUT2D eigenvalue weighted by Gasteiger charge is -2.27. The summed E-state index contributed by atoms with van der Waals surface area (Å²) in [5.74, 6) is -0.262. The number of nitrogens with one attached hydrogen (secondary N) is 1. The quantitative estimate of drug-likeness (QED) is 0.445. The first-order valence-corrected chi connectivity index (χ1v) is 16.0. The van der Waals surface area contributed by atoms with Gasteiger partial charge in [0.2, 0.25) is 5.91 Å². The van der Waals surface area contributed by atoms with Crippen LogP contribution in [-0.2, 0) is 31.0 Å². The van der Waals surface area contributed by atoms with Gasteiger partial charge >= 0.3 is 0 Å². The van der Waals surface area contributed by atoms with Gasteiger partial charge in [0.1, 0.15) is 16.4 Å². The van der Waals surface area contributed by atoms with Crippen molar-refractivity contribution in [2.24, 2.45) is 11.1 Å². The highest BCUT2D eigenvalue weighted by Gasteiger charge is 2.41. The van der Waals surface area contributed by atoms with Crippen molar-refractivity contribution >= 4 is 31.4 Å². The van der Waals surface area contributed by atoms with E-state index in [2.05, 4.69) is 20.5 Å². The van der Waals surface area contributed by atoms with Crippen LogP contribution in [0.15, 0.2) is 40.7 Å². The van der Waals surface area contributed by atoms with Crippen LogP contribution in [0.4, 0.5) is 5.82 Å². The Bertz CT molecular complexity index is 1390.